The Labute approximate surface area is 116 Å². The lowest BCUT2D eigenvalue weighted by molar-refractivity contribution is 0.0291. The van der Waals surface area contributed by atoms with Crippen molar-refractivity contribution in [2.24, 2.45) is 5.92 Å². The van der Waals surface area contributed by atoms with Crippen LogP contribution in [0.25, 0.3) is 0 Å². The van der Waals surface area contributed by atoms with Crippen molar-refractivity contribution in [2.45, 2.75) is 57.6 Å². The second-order valence-electron chi connectivity index (χ2n) is 5.78. The molecule has 1 aromatic heterocycles. The third kappa shape index (κ3) is 4.29. The Bertz CT molecular complexity index is 372. The molecule has 2 N–H and O–H groups in total. The summed E-state index contributed by atoms with van der Waals surface area (Å²) in [6, 6.07) is 6.54. The van der Waals surface area contributed by atoms with Gasteiger partial charge in [0.1, 0.15) is 0 Å². The van der Waals surface area contributed by atoms with E-state index in [2.05, 4.69) is 30.2 Å². The summed E-state index contributed by atoms with van der Waals surface area (Å²) in [5.74, 6) is 0.764. The largest absolute Gasteiger partial charge is 0.389 e. The smallest absolute Gasteiger partial charge is 0.0766 e. The normalized spacial score (nSPS) is 17.4. The number of aliphatic hydroxyl groups is 1. The molecule has 1 atom stereocenters. The van der Waals surface area contributed by atoms with E-state index in [0.29, 0.717) is 12.6 Å². The molecule has 1 aliphatic carbocycles. The van der Waals surface area contributed by atoms with E-state index in [9.17, 15) is 5.11 Å². The van der Waals surface area contributed by atoms with Crippen molar-refractivity contribution in [2.75, 3.05) is 6.54 Å². The van der Waals surface area contributed by atoms with Gasteiger partial charge in [-0.15, -0.1) is 0 Å². The van der Waals surface area contributed by atoms with Gasteiger partial charge in [0, 0.05) is 30.9 Å². The van der Waals surface area contributed by atoms with E-state index in [-0.39, 0.29) is 0 Å². The van der Waals surface area contributed by atoms with Gasteiger partial charge in [-0.25, -0.2) is 0 Å². The van der Waals surface area contributed by atoms with Crippen LogP contribution in [0, 0.1) is 5.92 Å². The lowest BCUT2D eigenvalue weighted by Crippen LogP contribution is -2.45. The van der Waals surface area contributed by atoms with Crippen molar-refractivity contribution in [3.05, 3.63) is 30.1 Å². The molecule has 0 radical (unpaired) electrons. The van der Waals surface area contributed by atoms with Crippen LogP contribution in [0.5, 0.6) is 0 Å². The molecule has 2 rings (SSSR count). The third-order valence-corrected chi connectivity index (χ3v) is 4.36. The van der Waals surface area contributed by atoms with Crippen molar-refractivity contribution < 1.29 is 5.11 Å². The van der Waals surface area contributed by atoms with Crippen LogP contribution in [0.15, 0.2) is 24.4 Å². The number of nitrogens with one attached hydrogen (secondary N) is 1. The first-order chi connectivity index (χ1) is 9.17. The number of hydrogen-bond donors (Lipinski definition) is 2. The molecule has 106 valence electrons. The molecule has 0 saturated heterocycles. The SMILES string of the molecule is CCC(O)(CC)CNC(Cc1ccccn1)C1CC1. The van der Waals surface area contributed by atoms with Gasteiger partial charge in [-0.1, -0.05) is 19.9 Å². The number of rotatable bonds is 8. The summed E-state index contributed by atoms with van der Waals surface area (Å²) < 4.78 is 0. The van der Waals surface area contributed by atoms with E-state index < -0.39 is 5.60 Å². The molecular weight excluding hydrogens is 236 g/mol. The van der Waals surface area contributed by atoms with Crippen molar-refractivity contribution in [1.29, 1.82) is 0 Å². The van der Waals surface area contributed by atoms with Gasteiger partial charge in [-0.2, -0.15) is 0 Å². The van der Waals surface area contributed by atoms with Gasteiger partial charge in [0.25, 0.3) is 0 Å². The zero-order chi connectivity index (χ0) is 13.7. The van der Waals surface area contributed by atoms with Crippen molar-refractivity contribution >= 4 is 0 Å². The molecule has 1 unspecified atom stereocenters. The highest BCUT2D eigenvalue weighted by molar-refractivity contribution is 5.07. The first kappa shape index (κ1) is 14.5. The van der Waals surface area contributed by atoms with Gasteiger partial charge in [0.15, 0.2) is 0 Å². The monoisotopic (exact) mass is 262 g/mol. The van der Waals surface area contributed by atoms with Gasteiger partial charge >= 0.3 is 0 Å². The maximum Gasteiger partial charge on any atom is 0.0766 e. The molecule has 0 amide bonds. The number of aromatic nitrogens is 1. The molecule has 1 heterocycles. The summed E-state index contributed by atoms with van der Waals surface area (Å²) >= 11 is 0. The molecule has 0 spiro atoms. The summed E-state index contributed by atoms with van der Waals surface area (Å²) in [6.07, 6.45) is 7.04. The molecule has 1 aromatic rings. The summed E-state index contributed by atoms with van der Waals surface area (Å²) in [4.78, 5) is 4.41. The van der Waals surface area contributed by atoms with E-state index >= 15 is 0 Å². The Hall–Kier alpha value is -0.930. The minimum atomic E-state index is -0.558. The number of pyridine rings is 1. The maximum absolute atomic E-state index is 10.4. The molecule has 3 nitrogen and oxygen atoms in total. The van der Waals surface area contributed by atoms with Crippen molar-refractivity contribution in [3.63, 3.8) is 0 Å². The van der Waals surface area contributed by atoms with Crippen LogP contribution in [0.3, 0.4) is 0 Å². The number of nitrogens with zero attached hydrogens (tertiary/aromatic N) is 1. The van der Waals surface area contributed by atoms with Crippen LogP contribution in [0.1, 0.15) is 45.2 Å². The van der Waals surface area contributed by atoms with Crippen LogP contribution in [-0.4, -0.2) is 28.3 Å². The zero-order valence-corrected chi connectivity index (χ0v) is 12.1. The average Bonchev–Trinajstić information content (AvgIpc) is 3.29. The van der Waals surface area contributed by atoms with E-state index in [4.69, 9.17) is 0 Å². The highest BCUT2D eigenvalue weighted by Gasteiger charge is 2.33. The first-order valence-corrected chi connectivity index (χ1v) is 7.52. The predicted molar refractivity (Wildman–Crippen MR) is 78.0 cm³/mol. The minimum Gasteiger partial charge on any atom is -0.389 e. The summed E-state index contributed by atoms with van der Waals surface area (Å²) in [6.45, 7) is 4.79. The Morgan fingerprint density at radius 2 is 2.11 bits per heavy atom. The van der Waals surface area contributed by atoms with Crippen LogP contribution >= 0.6 is 0 Å². The second kappa shape index (κ2) is 6.49. The molecule has 1 saturated carbocycles. The Morgan fingerprint density at radius 1 is 1.37 bits per heavy atom. The molecule has 1 fully saturated rings. The van der Waals surface area contributed by atoms with Crippen molar-refractivity contribution in [3.8, 4) is 0 Å². The fraction of sp³-hybridized carbons (Fsp3) is 0.688. The topological polar surface area (TPSA) is 45.1 Å². The molecule has 19 heavy (non-hydrogen) atoms. The fourth-order valence-corrected chi connectivity index (χ4v) is 2.47. The standard InChI is InChI=1S/C16H26N2O/c1-3-16(19,4-2)12-18-15(13-8-9-13)11-14-7-5-6-10-17-14/h5-7,10,13,15,18-19H,3-4,8-9,11-12H2,1-2H3. The van der Waals surface area contributed by atoms with Crippen LogP contribution in [-0.2, 0) is 6.42 Å². The van der Waals surface area contributed by atoms with E-state index in [1.54, 1.807) is 0 Å². The Morgan fingerprint density at radius 3 is 2.63 bits per heavy atom. The van der Waals surface area contributed by atoms with Crippen LogP contribution in [0.2, 0.25) is 0 Å². The van der Waals surface area contributed by atoms with Crippen LogP contribution < -0.4 is 5.32 Å². The second-order valence-corrected chi connectivity index (χ2v) is 5.78. The van der Waals surface area contributed by atoms with Crippen LogP contribution in [0.4, 0.5) is 0 Å². The molecule has 1 aliphatic rings. The summed E-state index contributed by atoms with van der Waals surface area (Å²) in [5.41, 5.74) is 0.584. The molecule has 3 heteroatoms. The van der Waals surface area contributed by atoms with E-state index in [1.807, 2.05) is 18.3 Å². The Kier molecular flexibility index (Phi) is 4.94. The third-order valence-electron chi connectivity index (χ3n) is 4.36. The van der Waals surface area contributed by atoms with E-state index in [1.165, 1.54) is 12.8 Å². The average molecular weight is 262 g/mol. The highest BCUT2D eigenvalue weighted by atomic mass is 16.3. The van der Waals surface area contributed by atoms with Gasteiger partial charge < -0.3 is 10.4 Å². The fourth-order valence-electron chi connectivity index (χ4n) is 2.47. The molecule has 0 aromatic carbocycles. The minimum absolute atomic E-state index is 0.458. The molecule has 0 aliphatic heterocycles. The first-order valence-electron chi connectivity index (χ1n) is 7.52. The maximum atomic E-state index is 10.4. The van der Waals surface area contributed by atoms with Crippen molar-refractivity contribution in [1.82, 2.24) is 10.3 Å². The predicted octanol–water partition coefficient (Wildman–Crippen LogP) is 2.54. The zero-order valence-electron chi connectivity index (χ0n) is 12.1. The van der Waals surface area contributed by atoms with Gasteiger partial charge in [0.2, 0.25) is 0 Å². The summed E-state index contributed by atoms with van der Waals surface area (Å²) in [7, 11) is 0. The summed E-state index contributed by atoms with van der Waals surface area (Å²) in [5, 5.41) is 14.0. The number of hydrogen-bond acceptors (Lipinski definition) is 3. The lowest BCUT2D eigenvalue weighted by atomic mass is 9.96. The van der Waals surface area contributed by atoms with E-state index in [0.717, 1.165) is 30.9 Å². The highest BCUT2D eigenvalue weighted by Crippen LogP contribution is 2.34. The van der Waals surface area contributed by atoms with Gasteiger partial charge in [0.05, 0.1) is 5.60 Å². The lowest BCUT2D eigenvalue weighted by Gasteiger charge is -2.29. The Balaban J connectivity index is 1.90. The molecular formula is C16H26N2O. The van der Waals surface area contributed by atoms with Gasteiger partial charge in [-0.05, 0) is 43.7 Å². The quantitative estimate of drug-likeness (QED) is 0.757. The van der Waals surface area contributed by atoms with Gasteiger partial charge in [-0.3, -0.25) is 4.98 Å². The molecule has 0 bridgehead atoms.